The first kappa shape index (κ1) is 16.7. The average Bonchev–Trinajstić information content (AvgIpc) is 2.97. The molecule has 0 radical (unpaired) electrons. The van der Waals surface area contributed by atoms with Crippen molar-refractivity contribution in [1.82, 2.24) is 0 Å². The van der Waals surface area contributed by atoms with Gasteiger partial charge in [0.2, 0.25) is 5.76 Å². The number of methoxy groups -OCH3 is 3. The van der Waals surface area contributed by atoms with Gasteiger partial charge in [-0.2, -0.15) is 0 Å². The number of carbonyl (C=O) groups is 1. The second-order valence-corrected chi connectivity index (χ2v) is 5.36. The van der Waals surface area contributed by atoms with Gasteiger partial charge in [-0.1, -0.05) is 0 Å². The molecule has 6 nitrogen and oxygen atoms in total. The lowest BCUT2D eigenvalue weighted by Crippen LogP contribution is -2.09. The van der Waals surface area contributed by atoms with E-state index in [1.807, 2.05) is 6.07 Å². The summed E-state index contributed by atoms with van der Waals surface area (Å²) in [5.41, 5.74) is 1.28. The number of fused-ring (bicyclic) bond motifs is 1. The van der Waals surface area contributed by atoms with Gasteiger partial charge in [-0.15, -0.1) is 0 Å². The Kier molecular flexibility index (Phi) is 4.52. The zero-order chi connectivity index (χ0) is 18.0. The summed E-state index contributed by atoms with van der Waals surface area (Å²) in [6, 6.07) is 10.2. The molecule has 130 valence electrons. The maximum Gasteiger partial charge on any atom is 0.379 e. The van der Waals surface area contributed by atoms with E-state index in [0.29, 0.717) is 34.1 Å². The number of esters is 1. The Morgan fingerprint density at radius 2 is 1.44 bits per heavy atom. The summed E-state index contributed by atoms with van der Waals surface area (Å²) in [7, 11) is 4.64. The highest BCUT2D eigenvalue weighted by molar-refractivity contribution is 5.97. The van der Waals surface area contributed by atoms with Gasteiger partial charge in [0.05, 0.1) is 21.3 Å². The molecule has 0 spiro atoms. The zero-order valence-corrected chi connectivity index (χ0v) is 14.4. The molecule has 6 heteroatoms. The Bertz CT molecular complexity index is 903. The normalized spacial score (nSPS) is 10.6. The number of furan rings is 1. The molecule has 0 saturated carbocycles. The van der Waals surface area contributed by atoms with Crippen molar-refractivity contribution in [3.8, 4) is 23.0 Å². The molecule has 0 bridgehead atoms. The highest BCUT2D eigenvalue weighted by atomic mass is 16.5. The third-order valence-corrected chi connectivity index (χ3v) is 3.86. The lowest BCUT2D eigenvalue weighted by Gasteiger charge is -2.08. The number of benzene rings is 2. The number of aryl methyl sites for hydroxylation is 1. The van der Waals surface area contributed by atoms with Crippen molar-refractivity contribution < 1.29 is 28.2 Å². The molecule has 25 heavy (non-hydrogen) atoms. The molecule has 0 aliphatic rings. The van der Waals surface area contributed by atoms with E-state index in [1.54, 1.807) is 44.4 Å². The summed E-state index contributed by atoms with van der Waals surface area (Å²) < 4.78 is 26.6. The zero-order valence-electron chi connectivity index (χ0n) is 14.4. The Morgan fingerprint density at radius 1 is 0.840 bits per heavy atom. The van der Waals surface area contributed by atoms with Crippen molar-refractivity contribution in [3.05, 3.63) is 47.7 Å². The predicted octanol–water partition coefficient (Wildman–Crippen LogP) is 3.99. The van der Waals surface area contributed by atoms with Crippen LogP contribution in [0.15, 0.2) is 40.8 Å². The van der Waals surface area contributed by atoms with Gasteiger partial charge in [0, 0.05) is 29.1 Å². The Hall–Kier alpha value is -3.15. The first-order chi connectivity index (χ1) is 12.0. The molecule has 0 aliphatic heterocycles. The summed E-state index contributed by atoms with van der Waals surface area (Å²) in [5, 5.41) is 0.800. The van der Waals surface area contributed by atoms with Gasteiger partial charge >= 0.3 is 5.97 Å². The van der Waals surface area contributed by atoms with Gasteiger partial charge in [-0.3, -0.25) is 0 Å². The SMILES string of the molecule is COc1cc(OC)cc(OC(=O)c2oc3ccc(OC)cc3c2C)c1. The molecular weight excluding hydrogens is 324 g/mol. The van der Waals surface area contributed by atoms with Crippen LogP contribution in [0, 0.1) is 6.92 Å². The van der Waals surface area contributed by atoms with Crippen molar-refractivity contribution in [1.29, 1.82) is 0 Å². The van der Waals surface area contributed by atoms with Crippen LogP contribution in [0.1, 0.15) is 16.1 Å². The fourth-order valence-corrected chi connectivity index (χ4v) is 2.52. The van der Waals surface area contributed by atoms with Crippen LogP contribution in [0.2, 0.25) is 0 Å². The van der Waals surface area contributed by atoms with E-state index in [1.165, 1.54) is 14.2 Å². The van der Waals surface area contributed by atoms with Gasteiger partial charge < -0.3 is 23.4 Å². The highest BCUT2D eigenvalue weighted by Gasteiger charge is 2.20. The largest absolute Gasteiger partial charge is 0.497 e. The standard InChI is InChI=1S/C19H18O6/c1-11-16-10-12(21-2)5-6-17(16)25-18(11)19(20)24-15-8-13(22-3)7-14(9-15)23-4/h5-10H,1-4H3. The van der Waals surface area contributed by atoms with E-state index in [-0.39, 0.29) is 5.76 Å². The summed E-state index contributed by atoms with van der Waals surface area (Å²) in [4.78, 5) is 12.5. The molecule has 0 fully saturated rings. The molecule has 1 heterocycles. The summed E-state index contributed by atoms with van der Waals surface area (Å²) in [6.07, 6.45) is 0. The summed E-state index contributed by atoms with van der Waals surface area (Å²) in [6.45, 7) is 1.80. The molecule has 0 saturated heterocycles. The molecule has 0 unspecified atom stereocenters. The van der Waals surface area contributed by atoms with Crippen LogP contribution < -0.4 is 18.9 Å². The Morgan fingerprint density at radius 3 is 2.04 bits per heavy atom. The second kappa shape index (κ2) is 6.76. The minimum atomic E-state index is -0.594. The van der Waals surface area contributed by atoms with E-state index < -0.39 is 5.97 Å². The minimum absolute atomic E-state index is 0.144. The van der Waals surface area contributed by atoms with Crippen molar-refractivity contribution in [3.63, 3.8) is 0 Å². The van der Waals surface area contributed by atoms with Crippen LogP contribution in [0.25, 0.3) is 11.0 Å². The molecule has 0 N–H and O–H groups in total. The predicted molar refractivity (Wildman–Crippen MR) is 92.0 cm³/mol. The third-order valence-electron chi connectivity index (χ3n) is 3.86. The van der Waals surface area contributed by atoms with Crippen molar-refractivity contribution >= 4 is 16.9 Å². The summed E-state index contributed by atoms with van der Waals surface area (Å²) >= 11 is 0. The van der Waals surface area contributed by atoms with E-state index in [9.17, 15) is 4.79 Å². The van der Waals surface area contributed by atoms with Crippen molar-refractivity contribution in [2.45, 2.75) is 6.92 Å². The van der Waals surface area contributed by atoms with Gasteiger partial charge in [0.25, 0.3) is 0 Å². The lowest BCUT2D eigenvalue weighted by molar-refractivity contribution is 0.0702. The minimum Gasteiger partial charge on any atom is -0.497 e. The van der Waals surface area contributed by atoms with Crippen LogP contribution in [-0.2, 0) is 0 Å². The molecule has 0 aliphatic carbocycles. The van der Waals surface area contributed by atoms with Gasteiger partial charge in [-0.05, 0) is 25.1 Å². The number of ether oxygens (including phenoxy) is 4. The molecular formula is C19H18O6. The monoisotopic (exact) mass is 342 g/mol. The second-order valence-electron chi connectivity index (χ2n) is 5.36. The molecule has 0 atom stereocenters. The van der Waals surface area contributed by atoms with Crippen molar-refractivity contribution in [2.24, 2.45) is 0 Å². The quantitative estimate of drug-likeness (QED) is 0.516. The smallest absolute Gasteiger partial charge is 0.379 e. The van der Waals surface area contributed by atoms with Crippen molar-refractivity contribution in [2.75, 3.05) is 21.3 Å². The molecule has 3 rings (SSSR count). The average molecular weight is 342 g/mol. The molecule has 2 aromatic carbocycles. The van der Waals surface area contributed by atoms with Gasteiger partial charge in [0.15, 0.2) is 0 Å². The van der Waals surface area contributed by atoms with E-state index >= 15 is 0 Å². The lowest BCUT2D eigenvalue weighted by atomic mass is 10.1. The van der Waals surface area contributed by atoms with Crippen LogP contribution in [0.4, 0.5) is 0 Å². The molecule has 0 amide bonds. The molecule has 1 aromatic heterocycles. The fraction of sp³-hybridized carbons (Fsp3) is 0.211. The Balaban J connectivity index is 1.93. The molecule has 3 aromatic rings. The Labute approximate surface area is 144 Å². The maximum atomic E-state index is 12.5. The number of hydrogen-bond acceptors (Lipinski definition) is 6. The van der Waals surface area contributed by atoms with E-state index in [0.717, 1.165) is 5.39 Å². The maximum absolute atomic E-state index is 12.5. The van der Waals surface area contributed by atoms with E-state index in [4.69, 9.17) is 23.4 Å². The number of carbonyl (C=O) groups excluding carboxylic acids is 1. The summed E-state index contributed by atoms with van der Waals surface area (Å²) in [5.74, 6) is 1.59. The van der Waals surface area contributed by atoms with Crippen LogP contribution >= 0.6 is 0 Å². The highest BCUT2D eigenvalue weighted by Crippen LogP contribution is 2.31. The number of rotatable bonds is 5. The third kappa shape index (κ3) is 3.24. The van der Waals surface area contributed by atoms with Crippen LogP contribution in [0.5, 0.6) is 23.0 Å². The first-order valence-electron chi connectivity index (χ1n) is 7.58. The van der Waals surface area contributed by atoms with Gasteiger partial charge in [-0.25, -0.2) is 4.79 Å². The van der Waals surface area contributed by atoms with Crippen LogP contribution in [-0.4, -0.2) is 27.3 Å². The fourth-order valence-electron chi connectivity index (χ4n) is 2.52. The van der Waals surface area contributed by atoms with E-state index in [2.05, 4.69) is 0 Å². The van der Waals surface area contributed by atoms with Gasteiger partial charge in [0.1, 0.15) is 28.6 Å². The van der Waals surface area contributed by atoms with Crippen LogP contribution in [0.3, 0.4) is 0 Å². The number of hydrogen-bond donors (Lipinski definition) is 0. The first-order valence-corrected chi connectivity index (χ1v) is 7.58. The topological polar surface area (TPSA) is 67.1 Å².